The van der Waals surface area contributed by atoms with Crippen molar-refractivity contribution in [2.45, 2.75) is 6.92 Å². The van der Waals surface area contributed by atoms with E-state index in [0.29, 0.717) is 11.6 Å². The maximum Gasteiger partial charge on any atom is 0.233 e. The summed E-state index contributed by atoms with van der Waals surface area (Å²) in [4.78, 5) is 1.92. The van der Waals surface area contributed by atoms with Gasteiger partial charge in [-0.1, -0.05) is 13.0 Å². The predicted molar refractivity (Wildman–Crippen MR) is 78.1 cm³/mol. The molecule has 0 spiro atoms. The first-order valence-electron chi connectivity index (χ1n) is 5.68. The van der Waals surface area contributed by atoms with Gasteiger partial charge in [0.2, 0.25) is 10.0 Å². The summed E-state index contributed by atoms with van der Waals surface area (Å²) >= 11 is 5.63. The summed E-state index contributed by atoms with van der Waals surface area (Å²) in [6, 6.07) is 7.26. The highest BCUT2D eigenvalue weighted by Crippen LogP contribution is 2.19. The Labute approximate surface area is 114 Å². The molecule has 4 nitrogen and oxygen atoms in total. The third-order valence-corrected chi connectivity index (χ3v) is 4.48. The Morgan fingerprint density at radius 2 is 2.06 bits per heavy atom. The summed E-state index contributed by atoms with van der Waals surface area (Å²) in [6.45, 7) is 1.81. The molecule has 0 fully saturated rings. The van der Waals surface area contributed by atoms with Gasteiger partial charge < -0.3 is 4.90 Å². The van der Waals surface area contributed by atoms with E-state index in [1.165, 1.54) is 0 Å². The number of hydrogen-bond donors (Lipinski definition) is 1. The summed E-state index contributed by atoms with van der Waals surface area (Å²) in [5.41, 5.74) is 1.52. The SMILES string of the molecule is CC(CCl)CS(=O)(=O)Nc1cccc(N(C)C)c1. The predicted octanol–water partition coefficient (Wildman–Crippen LogP) is 2.37. The van der Waals surface area contributed by atoms with Crippen LogP contribution in [0.3, 0.4) is 0 Å². The third kappa shape index (κ3) is 4.74. The van der Waals surface area contributed by atoms with Crippen molar-refractivity contribution in [2.75, 3.05) is 35.4 Å². The Morgan fingerprint density at radius 3 is 2.61 bits per heavy atom. The molecule has 0 heterocycles. The molecule has 0 bridgehead atoms. The molecular weight excluding hydrogens is 272 g/mol. The van der Waals surface area contributed by atoms with Crippen molar-refractivity contribution < 1.29 is 8.42 Å². The van der Waals surface area contributed by atoms with Crippen molar-refractivity contribution in [3.8, 4) is 0 Å². The highest BCUT2D eigenvalue weighted by Gasteiger charge is 2.15. The molecule has 18 heavy (non-hydrogen) atoms. The zero-order valence-corrected chi connectivity index (χ0v) is 12.4. The molecule has 1 aromatic carbocycles. The first-order chi connectivity index (χ1) is 8.34. The van der Waals surface area contributed by atoms with Crippen molar-refractivity contribution in [2.24, 2.45) is 5.92 Å². The van der Waals surface area contributed by atoms with Crippen LogP contribution in [0.15, 0.2) is 24.3 Å². The fourth-order valence-corrected chi connectivity index (χ4v) is 3.16. The third-order valence-electron chi connectivity index (χ3n) is 2.40. The van der Waals surface area contributed by atoms with E-state index in [1.54, 1.807) is 12.1 Å². The molecule has 1 rings (SSSR count). The van der Waals surface area contributed by atoms with Gasteiger partial charge >= 0.3 is 0 Å². The molecule has 0 aromatic heterocycles. The van der Waals surface area contributed by atoms with Crippen LogP contribution in [0, 0.1) is 5.92 Å². The van der Waals surface area contributed by atoms with Crippen molar-refractivity contribution in [3.63, 3.8) is 0 Å². The van der Waals surface area contributed by atoms with Gasteiger partial charge in [0.25, 0.3) is 0 Å². The fraction of sp³-hybridized carbons (Fsp3) is 0.500. The summed E-state index contributed by atoms with van der Waals surface area (Å²) in [6.07, 6.45) is 0. The van der Waals surface area contributed by atoms with E-state index in [1.807, 2.05) is 38.1 Å². The molecular formula is C12H19ClN2O2S. The molecule has 0 aliphatic heterocycles. The lowest BCUT2D eigenvalue weighted by Crippen LogP contribution is -2.22. The number of nitrogens with one attached hydrogen (secondary N) is 1. The molecule has 1 unspecified atom stereocenters. The summed E-state index contributed by atoms with van der Waals surface area (Å²) < 4.78 is 26.3. The van der Waals surface area contributed by atoms with Crippen molar-refractivity contribution in [1.82, 2.24) is 0 Å². The first kappa shape index (κ1) is 15.1. The van der Waals surface area contributed by atoms with E-state index in [2.05, 4.69) is 4.72 Å². The first-order valence-corrected chi connectivity index (χ1v) is 7.86. The Bertz CT molecular complexity index is 489. The van der Waals surface area contributed by atoms with Crippen LogP contribution in [-0.2, 0) is 10.0 Å². The van der Waals surface area contributed by atoms with Crippen molar-refractivity contribution >= 4 is 33.0 Å². The van der Waals surface area contributed by atoms with Gasteiger partial charge in [-0.2, -0.15) is 0 Å². The van der Waals surface area contributed by atoms with Gasteiger partial charge in [-0.25, -0.2) is 8.42 Å². The Balaban J connectivity index is 2.81. The Kier molecular flexibility index (Phi) is 5.28. The molecule has 1 N–H and O–H groups in total. The minimum atomic E-state index is -3.34. The van der Waals surface area contributed by atoms with E-state index in [9.17, 15) is 8.42 Å². The Hall–Kier alpha value is -0.940. The molecule has 0 saturated heterocycles. The zero-order valence-electron chi connectivity index (χ0n) is 10.9. The monoisotopic (exact) mass is 290 g/mol. The highest BCUT2D eigenvalue weighted by atomic mass is 35.5. The maximum atomic E-state index is 11.9. The molecule has 1 atom stereocenters. The molecule has 0 amide bonds. The van der Waals surface area contributed by atoms with Crippen LogP contribution in [0.1, 0.15) is 6.92 Å². The zero-order chi connectivity index (χ0) is 13.8. The lowest BCUT2D eigenvalue weighted by molar-refractivity contribution is 0.588. The van der Waals surface area contributed by atoms with Gasteiger partial charge in [0, 0.05) is 25.7 Å². The van der Waals surface area contributed by atoms with Crippen LogP contribution in [0.2, 0.25) is 0 Å². The second-order valence-electron chi connectivity index (χ2n) is 4.59. The average molecular weight is 291 g/mol. The molecule has 0 aliphatic carbocycles. The minimum Gasteiger partial charge on any atom is -0.378 e. The van der Waals surface area contributed by atoms with Crippen molar-refractivity contribution in [3.05, 3.63) is 24.3 Å². The Morgan fingerprint density at radius 1 is 1.39 bits per heavy atom. The number of nitrogens with zero attached hydrogens (tertiary/aromatic N) is 1. The van der Waals surface area contributed by atoms with Gasteiger partial charge in [-0.3, -0.25) is 4.72 Å². The van der Waals surface area contributed by atoms with Gasteiger partial charge in [0.05, 0.1) is 11.4 Å². The number of anilines is 2. The second-order valence-corrected chi connectivity index (χ2v) is 6.66. The van der Waals surface area contributed by atoms with E-state index in [-0.39, 0.29) is 11.7 Å². The summed E-state index contributed by atoms with van der Waals surface area (Å²) in [5.74, 6) is 0.294. The summed E-state index contributed by atoms with van der Waals surface area (Å²) in [5, 5.41) is 0. The number of sulfonamides is 1. The van der Waals surface area contributed by atoms with E-state index in [4.69, 9.17) is 11.6 Å². The number of rotatable bonds is 6. The quantitative estimate of drug-likeness (QED) is 0.818. The number of hydrogen-bond acceptors (Lipinski definition) is 3. The van der Waals surface area contributed by atoms with Crippen LogP contribution in [0.4, 0.5) is 11.4 Å². The normalized spacial score (nSPS) is 13.1. The molecule has 0 aliphatic rings. The lowest BCUT2D eigenvalue weighted by Gasteiger charge is -2.15. The molecule has 6 heteroatoms. The minimum absolute atomic E-state index is 0.0304. The van der Waals surface area contributed by atoms with E-state index >= 15 is 0 Å². The number of benzene rings is 1. The topological polar surface area (TPSA) is 49.4 Å². The van der Waals surface area contributed by atoms with E-state index < -0.39 is 10.0 Å². The van der Waals surface area contributed by atoms with Gasteiger partial charge in [0.1, 0.15) is 0 Å². The molecule has 0 radical (unpaired) electrons. The van der Waals surface area contributed by atoms with Crippen LogP contribution in [0.5, 0.6) is 0 Å². The molecule has 102 valence electrons. The van der Waals surface area contributed by atoms with Crippen LogP contribution in [-0.4, -0.2) is 34.1 Å². The molecule has 1 aromatic rings. The second kappa shape index (κ2) is 6.29. The van der Waals surface area contributed by atoms with Crippen LogP contribution in [0.25, 0.3) is 0 Å². The summed E-state index contributed by atoms with van der Waals surface area (Å²) in [7, 11) is 0.470. The lowest BCUT2D eigenvalue weighted by atomic mass is 10.3. The van der Waals surface area contributed by atoms with Crippen molar-refractivity contribution in [1.29, 1.82) is 0 Å². The average Bonchev–Trinajstić information content (AvgIpc) is 2.27. The largest absolute Gasteiger partial charge is 0.378 e. The smallest absolute Gasteiger partial charge is 0.233 e. The van der Waals surface area contributed by atoms with Crippen LogP contribution >= 0.6 is 11.6 Å². The van der Waals surface area contributed by atoms with Crippen LogP contribution < -0.4 is 9.62 Å². The standard InChI is InChI=1S/C12H19ClN2O2S/c1-10(8-13)9-18(16,17)14-11-5-4-6-12(7-11)15(2)3/h4-7,10,14H,8-9H2,1-3H3. The van der Waals surface area contributed by atoms with E-state index in [0.717, 1.165) is 5.69 Å². The van der Waals surface area contributed by atoms with Gasteiger partial charge in [-0.15, -0.1) is 11.6 Å². The fourth-order valence-electron chi connectivity index (χ4n) is 1.49. The maximum absolute atomic E-state index is 11.9. The molecule has 0 saturated carbocycles. The van der Waals surface area contributed by atoms with Gasteiger partial charge in [0.15, 0.2) is 0 Å². The number of alkyl halides is 1. The highest BCUT2D eigenvalue weighted by molar-refractivity contribution is 7.92. The number of halogens is 1. The van der Waals surface area contributed by atoms with Gasteiger partial charge in [-0.05, 0) is 24.1 Å².